The molecular formula is C19H30N2O2. The Balaban J connectivity index is 1.71. The third-order valence-electron chi connectivity index (χ3n) is 4.38. The minimum absolute atomic E-state index is 0.00309. The molecule has 1 aliphatic rings. The van der Waals surface area contributed by atoms with Crippen LogP contribution in [0.2, 0.25) is 0 Å². The largest absolute Gasteiger partial charge is 0.380 e. The molecule has 0 radical (unpaired) electrons. The van der Waals surface area contributed by atoms with Crippen molar-refractivity contribution >= 4 is 5.91 Å². The number of methoxy groups -OCH3 is 1. The first kappa shape index (κ1) is 18.0. The van der Waals surface area contributed by atoms with Crippen molar-refractivity contribution in [3.8, 4) is 0 Å². The van der Waals surface area contributed by atoms with Crippen molar-refractivity contribution < 1.29 is 9.53 Å². The Hall–Kier alpha value is -1.39. The number of likely N-dealkylation sites (tertiary alicyclic amines) is 1. The summed E-state index contributed by atoms with van der Waals surface area (Å²) in [6, 6.07) is 7.62. The van der Waals surface area contributed by atoms with Crippen molar-refractivity contribution in [2.24, 2.45) is 11.8 Å². The van der Waals surface area contributed by atoms with E-state index < -0.39 is 0 Å². The van der Waals surface area contributed by atoms with Crippen molar-refractivity contribution in [1.82, 2.24) is 10.2 Å². The topological polar surface area (TPSA) is 41.6 Å². The highest BCUT2D eigenvalue weighted by atomic mass is 16.5. The van der Waals surface area contributed by atoms with E-state index in [-0.39, 0.29) is 5.91 Å². The van der Waals surface area contributed by atoms with Gasteiger partial charge in [0.05, 0.1) is 6.61 Å². The Labute approximate surface area is 140 Å². The lowest BCUT2D eigenvalue weighted by atomic mass is 9.92. The van der Waals surface area contributed by atoms with Crippen LogP contribution in [0.4, 0.5) is 0 Å². The monoisotopic (exact) mass is 318 g/mol. The van der Waals surface area contributed by atoms with Gasteiger partial charge in [0.25, 0.3) is 5.91 Å². The van der Waals surface area contributed by atoms with Crippen LogP contribution in [0.25, 0.3) is 0 Å². The molecule has 1 aromatic rings. The smallest absolute Gasteiger partial charge is 0.251 e. The molecule has 1 amide bonds. The highest BCUT2D eigenvalue weighted by Crippen LogP contribution is 2.20. The molecule has 128 valence electrons. The maximum atomic E-state index is 12.2. The second-order valence-electron chi connectivity index (χ2n) is 6.95. The Morgan fingerprint density at radius 2 is 2.04 bits per heavy atom. The number of nitrogens with one attached hydrogen (secondary N) is 1. The fraction of sp³-hybridized carbons (Fsp3) is 0.632. The van der Waals surface area contributed by atoms with Crippen LogP contribution in [0, 0.1) is 11.8 Å². The number of hydrogen-bond acceptors (Lipinski definition) is 3. The summed E-state index contributed by atoms with van der Waals surface area (Å²) in [5, 5.41) is 3.02. The summed E-state index contributed by atoms with van der Waals surface area (Å²) in [7, 11) is 1.66. The number of carbonyl (C=O) groups is 1. The second-order valence-corrected chi connectivity index (χ2v) is 6.95. The van der Waals surface area contributed by atoms with Crippen LogP contribution in [0.15, 0.2) is 24.3 Å². The van der Waals surface area contributed by atoms with Gasteiger partial charge >= 0.3 is 0 Å². The zero-order valence-electron chi connectivity index (χ0n) is 14.7. The van der Waals surface area contributed by atoms with Crippen LogP contribution in [0.1, 0.15) is 42.6 Å². The Morgan fingerprint density at radius 3 is 2.74 bits per heavy atom. The SMILES string of the molecule is COCc1cccc(C(=O)NCCCN2C[C@@H](C)C[C@H](C)C2)c1. The van der Waals surface area contributed by atoms with Crippen molar-refractivity contribution in [3.63, 3.8) is 0 Å². The molecule has 0 aromatic heterocycles. The van der Waals surface area contributed by atoms with Gasteiger partial charge in [-0.25, -0.2) is 0 Å². The second kappa shape index (κ2) is 9.04. The van der Waals surface area contributed by atoms with Crippen LogP contribution in [-0.2, 0) is 11.3 Å². The van der Waals surface area contributed by atoms with E-state index in [1.807, 2.05) is 24.3 Å². The molecule has 1 fully saturated rings. The lowest BCUT2D eigenvalue weighted by Gasteiger charge is -2.34. The summed E-state index contributed by atoms with van der Waals surface area (Å²) >= 11 is 0. The molecule has 2 atom stereocenters. The van der Waals surface area contributed by atoms with E-state index in [9.17, 15) is 4.79 Å². The van der Waals surface area contributed by atoms with Crippen molar-refractivity contribution in [1.29, 1.82) is 0 Å². The number of amides is 1. The molecule has 1 heterocycles. The van der Waals surface area contributed by atoms with Gasteiger partial charge in [0, 0.05) is 32.3 Å². The Morgan fingerprint density at radius 1 is 1.30 bits per heavy atom. The number of nitrogens with zero attached hydrogens (tertiary/aromatic N) is 1. The number of piperidine rings is 1. The minimum Gasteiger partial charge on any atom is -0.380 e. The van der Waals surface area contributed by atoms with Crippen molar-refractivity contribution in [2.75, 3.05) is 33.3 Å². The molecule has 0 unspecified atom stereocenters. The first-order chi connectivity index (χ1) is 11.1. The lowest BCUT2D eigenvalue weighted by Crippen LogP contribution is -2.40. The summed E-state index contributed by atoms with van der Waals surface area (Å²) in [4.78, 5) is 14.7. The standard InChI is InChI=1S/C19H30N2O2/c1-15-10-16(2)13-21(12-15)9-5-8-20-19(22)18-7-4-6-17(11-18)14-23-3/h4,6-7,11,15-16H,5,8-10,12-14H2,1-3H3,(H,20,22)/t15-,16-/m0/s1. The van der Waals surface area contributed by atoms with E-state index >= 15 is 0 Å². The number of rotatable bonds is 7. The quantitative estimate of drug-likeness (QED) is 0.786. The molecule has 0 spiro atoms. The van der Waals surface area contributed by atoms with Gasteiger partial charge in [0.2, 0.25) is 0 Å². The molecule has 23 heavy (non-hydrogen) atoms. The minimum atomic E-state index is 0.00309. The Bertz CT molecular complexity index is 494. The zero-order valence-corrected chi connectivity index (χ0v) is 14.7. The lowest BCUT2D eigenvalue weighted by molar-refractivity contribution is 0.0947. The van der Waals surface area contributed by atoms with Crippen LogP contribution < -0.4 is 5.32 Å². The number of benzene rings is 1. The Kier molecular flexibility index (Phi) is 7.06. The first-order valence-electron chi connectivity index (χ1n) is 8.67. The van der Waals surface area contributed by atoms with Crippen LogP contribution in [-0.4, -0.2) is 44.1 Å². The number of carbonyl (C=O) groups excluding carboxylic acids is 1. The first-order valence-corrected chi connectivity index (χ1v) is 8.67. The van der Waals surface area contributed by atoms with Gasteiger partial charge in [-0.1, -0.05) is 26.0 Å². The molecule has 0 bridgehead atoms. The van der Waals surface area contributed by atoms with E-state index in [1.54, 1.807) is 7.11 Å². The van der Waals surface area contributed by atoms with Gasteiger partial charge < -0.3 is 15.0 Å². The fourth-order valence-corrected chi connectivity index (χ4v) is 3.55. The predicted molar refractivity (Wildman–Crippen MR) is 93.5 cm³/mol. The summed E-state index contributed by atoms with van der Waals surface area (Å²) in [5.41, 5.74) is 1.73. The van der Waals surface area contributed by atoms with E-state index in [1.165, 1.54) is 19.5 Å². The zero-order chi connectivity index (χ0) is 16.7. The normalized spacial score (nSPS) is 22.0. The van der Waals surface area contributed by atoms with E-state index in [2.05, 4.69) is 24.1 Å². The van der Waals surface area contributed by atoms with Crippen molar-refractivity contribution in [2.45, 2.75) is 33.3 Å². The van der Waals surface area contributed by atoms with E-state index in [0.29, 0.717) is 12.2 Å². The van der Waals surface area contributed by atoms with Gasteiger partial charge in [0.15, 0.2) is 0 Å². The molecule has 1 N–H and O–H groups in total. The number of hydrogen-bond donors (Lipinski definition) is 1. The third kappa shape index (κ3) is 5.96. The highest BCUT2D eigenvalue weighted by Gasteiger charge is 2.21. The highest BCUT2D eigenvalue weighted by molar-refractivity contribution is 5.94. The summed E-state index contributed by atoms with van der Waals surface area (Å²) in [5.74, 6) is 1.58. The maximum Gasteiger partial charge on any atom is 0.251 e. The van der Waals surface area contributed by atoms with E-state index in [0.717, 1.165) is 36.9 Å². The van der Waals surface area contributed by atoms with Gasteiger partial charge in [0.1, 0.15) is 0 Å². The van der Waals surface area contributed by atoms with E-state index in [4.69, 9.17) is 4.74 Å². The predicted octanol–water partition coefficient (Wildman–Crippen LogP) is 2.93. The maximum absolute atomic E-state index is 12.2. The average molecular weight is 318 g/mol. The van der Waals surface area contributed by atoms with Crippen LogP contribution in [0.5, 0.6) is 0 Å². The molecule has 4 heteroatoms. The summed E-state index contributed by atoms with van der Waals surface area (Å²) in [6.45, 7) is 9.38. The number of ether oxygens (including phenoxy) is 1. The molecule has 0 aliphatic carbocycles. The van der Waals surface area contributed by atoms with Gasteiger partial charge in [-0.2, -0.15) is 0 Å². The summed E-state index contributed by atoms with van der Waals surface area (Å²) in [6.07, 6.45) is 2.34. The average Bonchev–Trinajstić information content (AvgIpc) is 2.51. The molecule has 4 nitrogen and oxygen atoms in total. The molecular weight excluding hydrogens is 288 g/mol. The molecule has 1 aliphatic heterocycles. The third-order valence-corrected chi connectivity index (χ3v) is 4.38. The van der Waals surface area contributed by atoms with Crippen molar-refractivity contribution in [3.05, 3.63) is 35.4 Å². The molecule has 2 rings (SSSR count). The van der Waals surface area contributed by atoms with Crippen LogP contribution >= 0.6 is 0 Å². The van der Waals surface area contributed by atoms with Gasteiger partial charge in [-0.05, 0) is 48.9 Å². The molecule has 1 saturated heterocycles. The molecule has 1 aromatic carbocycles. The van der Waals surface area contributed by atoms with Gasteiger partial charge in [-0.15, -0.1) is 0 Å². The van der Waals surface area contributed by atoms with Gasteiger partial charge in [-0.3, -0.25) is 4.79 Å². The molecule has 0 saturated carbocycles. The summed E-state index contributed by atoms with van der Waals surface area (Å²) < 4.78 is 5.11. The fourth-order valence-electron chi connectivity index (χ4n) is 3.55. The van der Waals surface area contributed by atoms with Crippen LogP contribution in [0.3, 0.4) is 0 Å².